The summed E-state index contributed by atoms with van der Waals surface area (Å²) >= 11 is 0. The van der Waals surface area contributed by atoms with E-state index in [0.29, 0.717) is 0 Å². The predicted octanol–water partition coefficient (Wildman–Crippen LogP) is 3.00. The molecule has 1 saturated heterocycles. The van der Waals surface area contributed by atoms with Crippen molar-refractivity contribution in [2.24, 2.45) is 5.92 Å². The van der Waals surface area contributed by atoms with E-state index in [1.807, 2.05) is 0 Å². The van der Waals surface area contributed by atoms with Crippen LogP contribution in [0.3, 0.4) is 0 Å². The van der Waals surface area contributed by atoms with Crippen molar-refractivity contribution in [2.45, 2.75) is 40.2 Å². The predicted molar refractivity (Wildman–Crippen MR) is 80.7 cm³/mol. The molecule has 0 radical (unpaired) electrons. The molecule has 1 aliphatic heterocycles. The molecule has 0 spiro atoms. The molecule has 110 valence electrons. The van der Waals surface area contributed by atoms with Crippen LogP contribution in [0, 0.1) is 26.7 Å². The first-order valence-electron chi connectivity index (χ1n) is 7.38. The Balaban J connectivity index is 2.08. The molecule has 0 aliphatic carbocycles. The van der Waals surface area contributed by atoms with Crippen LogP contribution in [-0.2, 0) is 16.1 Å². The number of benzene rings is 1. The molecule has 0 aromatic heterocycles. The zero-order valence-electron chi connectivity index (χ0n) is 13.0. The second-order valence-corrected chi connectivity index (χ2v) is 5.97. The van der Waals surface area contributed by atoms with E-state index in [1.54, 1.807) is 0 Å². The van der Waals surface area contributed by atoms with Crippen LogP contribution in [0.5, 0.6) is 0 Å². The largest absolute Gasteiger partial charge is 0.469 e. The first-order chi connectivity index (χ1) is 9.51. The second kappa shape index (κ2) is 6.40. The SMILES string of the molecule is COC(=O)[C@H]1CCCN(Cc2c(C)cc(C)cc2C)C1. The summed E-state index contributed by atoms with van der Waals surface area (Å²) in [5, 5.41) is 0. The third-order valence-electron chi connectivity index (χ3n) is 4.26. The Labute approximate surface area is 121 Å². The fourth-order valence-electron chi connectivity index (χ4n) is 3.24. The third kappa shape index (κ3) is 3.40. The van der Waals surface area contributed by atoms with Gasteiger partial charge in [-0.1, -0.05) is 17.7 Å². The summed E-state index contributed by atoms with van der Waals surface area (Å²) < 4.78 is 4.89. The van der Waals surface area contributed by atoms with Gasteiger partial charge in [0.1, 0.15) is 0 Å². The Hall–Kier alpha value is -1.35. The molecule has 2 rings (SSSR count). The molecule has 1 aliphatic rings. The molecule has 1 aromatic rings. The molecule has 0 amide bonds. The van der Waals surface area contributed by atoms with Gasteiger partial charge in [0.15, 0.2) is 0 Å². The number of piperidine rings is 1. The summed E-state index contributed by atoms with van der Waals surface area (Å²) in [6, 6.07) is 4.48. The smallest absolute Gasteiger partial charge is 0.309 e. The van der Waals surface area contributed by atoms with Gasteiger partial charge in [-0.15, -0.1) is 0 Å². The van der Waals surface area contributed by atoms with Crippen LogP contribution >= 0.6 is 0 Å². The van der Waals surface area contributed by atoms with E-state index >= 15 is 0 Å². The minimum Gasteiger partial charge on any atom is -0.469 e. The van der Waals surface area contributed by atoms with Gasteiger partial charge >= 0.3 is 5.97 Å². The van der Waals surface area contributed by atoms with Gasteiger partial charge in [0.2, 0.25) is 0 Å². The normalized spacial score (nSPS) is 19.9. The van der Waals surface area contributed by atoms with E-state index < -0.39 is 0 Å². The number of hydrogen-bond acceptors (Lipinski definition) is 3. The van der Waals surface area contributed by atoms with Crippen LogP contribution in [-0.4, -0.2) is 31.1 Å². The number of carbonyl (C=O) groups is 1. The van der Waals surface area contributed by atoms with E-state index in [-0.39, 0.29) is 11.9 Å². The average Bonchev–Trinajstić information content (AvgIpc) is 2.42. The van der Waals surface area contributed by atoms with Gasteiger partial charge in [0, 0.05) is 13.1 Å². The minimum absolute atomic E-state index is 0.0415. The molecule has 0 unspecified atom stereocenters. The molecular weight excluding hydrogens is 250 g/mol. The van der Waals surface area contributed by atoms with Crippen LogP contribution in [0.25, 0.3) is 0 Å². The molecule has 0 bridgehead atoms. The summed E-state index contributed by atoms with van der Waals surface area (Å²) in [7, 11) is 1.48. The topological polar surface area (TPSA) is 29.5 Å². The summed E-state index contributed by atoms with van der Waals surface area (Å²) in [6.07, 6.45) is 2.03. The van der Waals surface area contributed by atoms with Crippen molar-refractivity contribution in [1.29, 1.82) is 0 Å². The van der Waals surface area contributed by atoms with Crippen molar-refractivity contribution in [3.05, 3.63) is 34.4 Å². The maximum absolute atomic E-state index is 11.7. The lowest BCUT2D eigenvalue weighted by atomic mass is 9.95. The monoisotopic (exact) mass is 275 g/mol. The number of carbonyl (C=O) groups excluding carboxylic acids is 1. The molecule has 0 saturated carbocycles. The van der Waals surface area contributed by atoms with Crippen LogP contribution in [0.2, 0.25) is 0 Å². The fraction of sp³-hybridized carbons (Fsp3) is 0.588. The van der Waals surface area contributed by atoms with E-state index in [2.05, 4.69) is 37.8 Å². The molecule has 1 aromatic carbocycles. The lowest BCUT2D eigenvalue weighted by Crippen LogP contribution is -2.38. The lowest BCUT2D eigenvalue weighted by Gasteiger charge is -2.32. The molecule has 20 heavy (non-hydrogen) atoms. The summed E-state index contributed by atoms with van der Waals surface area (Å²) in [6.45, 7) is 9.32. The van der Waals surface area contributed by atoms with Crippen molar-refractivity contribution in [3.8, 4) is 0 Å². The first-order valence-corrected chi connectivity index (χ1v) is 7.38. The van der Waals surface area contributed by atoms with Gasteiger partial charge in [-0.05, 0) is 56.8 Å². The van der Waals surface area contributed by atoms with Crippen molar-refractivity contribution in [1.82, 2.24) is 4.90 Å². The van der Waals surface area contributed by atoms with Crippen molar-refractivity contribution in [3.63, 3.8) is 0 Å². The fourth-order valence-corrected chi connectivity index (χ4v) is 3.24. The molecule has 1 atom stereocenters. The van der Waals surface area contributed by atoms with E-state index in [4.69, 9.17) is 4.74 Å². The highest BCUT2D eigenvalue weighted by atomic mass is 16.5. The maximum atomic E-state index is 11.7. The number of esters is 1. The molecule has 3 heteroatoms. The number of methoxy groups -OCH3 is 1. The number of rotatable bonds is 3. The second-order valence-electron chi connectivity index (χ2n) is 5.97. The Morgan fingerprint density at radius 3 is 2.55 bits per heavy atom. The summed E-state index contributed by atoms with van der Waals surface area (Å²) in [5.74, 6) is -0.0214. The van der Waals surface area contributed by atoms with Crippen molar-refractivity contribution in [2.75, 3.05) is 20.2 Å². The number of nitrogens with zero attached hydrogens (tertiary/aromatic N) is 1. The Morgan fingerprint density at radius 2 is 1.95 bits per heavy atom. The standard InChI is InChI=1S/C17H25NO2/c1-12-8-13(2)16(14(3)9-12)11-18-7-5-6-15(10-18)17(19)20-4/h8-9,15H,5-7,10-11H2,1-4H3/t15-/m0/s1. The molecule has 1 fully saturated rings. The molecule has 1 heterocycles. The van der Waals surface area contributed by atoms with Gasteiger partial charge in [-0.3, -0.25) is 9.69 Å². The third-order valence-corrected chi connectivity index (χ3v) is 4.26. The van der Waals surface area contributed by atoms with E-state index in [9.17, 15) is 4.79 Å². The first kappa shape index (κ1) is 15.0. The van der Waals surface area contributed by atoms with Crippen LogP contribution < -0.4 is 0 Å². The van der Waals surface area contributed by atoms with Crippen molar-refractivity contribution < 1.29 is 9.53 Å². The van der Waals surface area contributed by atoms with Gasteiger partial charge in [0.25, 0.3) is 0 Å². The molecular formula is C17H25NO2. The highest BCUT2D eigenvalue weighted by Crippen LogP contribution is 2.23. The quantitative estimate of drug-likeness (QED) is 0.794. The zero-order chi connectivity index (χ0) is 14.7. The molecule has 3 nitrogen and oxygen atoms in total. The Morgan fingerprint density at radius 1 is 1.30 bits per heavy atom. The highest BCUT2D eigenvalue weighted by Gasteiger charge is 2.26. The maximum Gasteiger partial charge on any atom is 0.309 e. The lowest BCUT2D eigenvalue weighted by molar-refractivity contribution is -0.147. The average molecular weight is 275 g/mol. The zero-order valence-corrected chi connectivity index (χ0v) is 13.0. The summed E-state index contributed by atoms with van der Waals surface area (Å²) in [5.41, 5.74) is 5.42. The highest BCUT2D eigenvalue weighted by molar-refractivity contribution is 5.72. The van der Waals surface area contributed by atoms with E-state index in [0.717, 1.165) is 32.5 Å². The van der Waals surface area contributed by atoms with Crippen LogP contribution in [0.4, 0.5) is 0 Å². The van der Waals surface area contributed by atoms with Crippen molar-refractivity contribution >= 4 is 5.97 Å². The Kier molecular flexibility index (Phi) is 4.81. The van der Waals surface area contributed by atoms with E-state index in [1.165, 1.54) is 29.4 Å². The van der Waals surface area contributed by atoms with Crippen LogP contribution in [0.15, 0.2) is 12.1 Å². The number of likely N-dealkylation sites (tertiary alicyclic amines) is 1. The van der Waals surface area contributed by atoms with Gasteiger partial charge in [0.05, 0.1) is 13.0 Å². The number of ether oxygens (including phenoxy) is 1. The van der Waals surface area contributed by atoms with Gasteiger partial charge in [-0.2, -0.15) is 0 Å². The number of aryl methyl sites for hydroxylation is 3. The Bertz CT molecular complexity index is 473. The number of hydrogen-bond donors (Lipinski definition) is 0. The summed E-state index contributed by atoms with van der Waals surface area (Å²) in [4.78, 5) is 14.1. The van der Waals surface area contributed by atoms with Gasteiger partial charge < -0.3 is 4.74 Å². The molecule has 0 N–H and O–H groups in total. The van der Waals surface area contributed by atoms with Gasteiger partial charge in [-0.25, -0.2) is 0 Å². The van der Waals surface area contributed by atoms with Crippen LogP contribution in [0.1, 0.15) is 35.1 Å². The minimum atomic E-state index is -0.0629.